The number of oxazole rings is 1. The number of aromatic nitrogens is 1. The Morgan fingerprint density at radius 1 is 1.20 bits per heavy atom. The van der Waals surface area contributed by atoms with Gasteiger partial charge in [-0.05, 0) is 50.9 Å². The summed E-state index contributed by atoms with van der Waals surface area (Å²) in [5.41, 5.74) is 1.67. The van der Waals surface area contributed by atoms with Crippen LogP contribution >= 0.6 is 0 Å². The summed E-state index contributed by atoms with van der Waals surface area (Å²) in [5.74, 6) is 0.925. The molecule has 0 N–H and O–H groups in total. The highest BCUT2D eigenvalue weighted by atomic mass is 16.3. The summed E-state index contributed by atoms with van der Waals surface area (Å²) in [7, 11) is 0. The molecule has 2 aromatic rings. The topological polar surface area (TPSA) is 49.6 Å². The minimum absolute atomic E-state index is 0.257. The number of hydrogen-bond acceptors (Lipinski definition) is 4. The van der Waals surface area contributed by atoms with Gasteiger partial charge in [-0.1, -0.05) is 19.1 Å². The molecule has 2 fully saturated rings. The first-order valence-electron chi connectivity index (χ1n) is 9.64. The van der Waals surface area contributed by atoms with Crippen LogP contribution < -0.4 is 0 Å². The molecule has 0 aliphatic carbocycles. The number of hydrogen-bond donors (Lipinski definition) is 0. The summed E-state index contributed by atoms with van der Waals surface area (Å²) in [6.07, 6.45) is 5.84. The Morgan fingerprint density at radius 3 is 2.84 bits per heavy atom. The van der Waals surface area contributed by atoms with Crippen molar-refractivity contribution in [2.24, 2.45) is 0 Å². The standard InChI is InChI=1S/C20H27N3O2/c1-2-22-13-5-8-16(22)17-9-6-14-23(17)20(24)12-11-19-21-15-7-3-4-10-18(15)25-19/h3-4,7,10,16-17H,2,5-6,8-9,11-14H2,1H3/t16-,17+/m1/s1. The molecule has 1 aromatic carbocycles. The third kappa shape index (κ3) is 3.30. The van der Waals surface area contributed by atoms with E-state index in [0.29, 0.717) is 30.8 Å². The predicted octanol–water partition coefficient (Wildman–Crippen LogP) is 3.24. The second-order valence-electron chi connectivity index (χ2n) is 7.21. The van der Waals surface area contributed by atoms with E-state index in [0.717, 1.165) is 37.0 Å². The van der Waals surface area contributed by atoms with Gasteiger partial charge in [-0.3, -0.25) is 9.69 Å². The molecule has 2 aliphatic heterocycles. The van der Waals surface area contributed by atoms with E-state index in [1.165, 1.54) is 19.4 Å². The Labute approximate surface area is 149 Å². The minimum atomic E-state index is 0.257. The van der Waals surface area contributed by atoms with Gasteiger partial charge in [0.15, 0.2) is 11.5 Å². The lowest BCUT2D eigenvalue weighted by molar-refractivity contribution is -0.133. The zero-order valence-corrected chi connectivity index (χ0v) is 15.0. The van der Waals surface area contributed by atoms with Crippen LogP contribution in [0.5, 0.6) is 0 Å². The number of aryl methyl sites for hydroxylation is 1. The quantitative estimate of drug-likeness (QED) is 0.838. The molecule has 1 aromatic heterocycles. The molecule has 0 spiro atoms. The van der Waals surface area contributed by atoms with Gasteiger partial charge in [0, 0.05) is 31.5 Å². The summed E-state index contributed by atoms with van der Waals surface area (Å²) in [4.78, 5) is 22.0. The lowest BCUT2D eigenvalue weighted by atomic mass is 10.0. The van der Waals surface area contributed by atoms with Crippen molar-refractivity contribution in [1.82, 2.24) is 14.8 Å². The van der Waals surface area contributed by atoms with Gasteiger partial charge in [-0.2, -0.15) is 0 Å². The summed E-state index contributed by atoms with van der Waals surface area (Å²) in [6.45, 7) is 5.41. The van der Waals surface area contributed by atoms with Crippen LogP contribution in [-0.4, -0.2) is 52.4 Å². The number of amides is 1. The molecule has 2 saturated heterocycles. The molecule has 1 amide bonds. The first-order chi connectivity index (χ1) is 12.3. The molecule has 25 heavy (non-hydrogen) atoms. The fraction of sp³-hybridized carbons (Fsp3) is 0.600. The number of likely N-dealkylation sites (N-methyl/N-ethyl adjacent to an activating group) is 1. The van der Waals surface area contributed by atoms with Crippen LogP contribution in [0.15, 0.2) is 28.7 Å². The van der Waals surface area contributed by atoms with Crippen LogP contribution in [0.3, 0.4) is 0 Å². The van der Waals surface area contributed by atoms with E-state index in [4.69, 9.17) is 4.42 Å². The Kier molecular flexibility index (Phi) is 4.75. The number of benzene rings is 1. The number of rotatable bonds is 5. The van der Waals surface area contributed by atoms with Crippen LogP contribution in [-0.2, 0) is 11.2 Å². The molecule has 0 radical (unpaired) electrons. The van der Waals surface area contributed by atoms with Crippen LogP contribution in [0.1, 0.15) is 44.9 Å². The molecule has 5 heteroatoms. The number of carbonyl (C=O) groups is 1. The first kappa shape index (κ1) is 16.6. The zero-order valence-electron chi connectivity index (χ0n) is 15.0. The van der Waals surface area contributed by atoms with E-state index in [2.05, 4.69) is 21.7 Å². The molecule has 2 aliphatic rings. The van der Waals surface area contributed by atoms with Gasteiger partial charge >= 0.3 is 0 Å². The molecule has 134 valence electrons. The van der Waals surface area contributed by atoms with Gasteiger partial charge in [-0.25, -0.2) is 4.98 Å². The highest BCUT2D eigenvalue weighted by Gasteiger charge is 2.38. The predicted molar refractivity (Wildman–Crippen MR) is 97.3 cm³/mol. The largest absolute Gasteiger partial charge is 0.441 e. The molecule has 0 unspecified atom stereocenters. The van der Waals surface area contributed by atoms with Crippen molar-refractivity contribution in [1.29, 1.82) is 0 Å². The van der Waals surface area contributed by atoms with Crippen LogP contribution in [0.25, 0.3) is 11.1 Å². The van der Waals surface area contributed by atoms with E-state index >= 15 is 0 Å². The van der Waals surface area contributed by atoms with Gasteiger partial charge in [0.05, 0.1) is 0 Å². The average Bonchev–Trinajstić information content (AvgIpc) is 3.36. The third-order valence-corrected chi connectivity index (χ3v) is 5.78. The average molecular weight is 341 g/mol. The maximum atomic E-state index is 12.8. The lowest BCUT2D eigenvalue weighted by Gasteiger charge is -2.34. The van der Waals surface area contributed by atoms with Crippen molar-refractivity contribution >= 4 is 17.0 Å². The molecule has 5 nitrogen and oxygen atoms in total. The maximum absolute atomic E-state index is 12.8. The van der Waals surface area contributed by atoms with Gasteiger partial charge in [0.25, 0.3) is 0 Å². The summed E-state index contributed by atoms with van der Waals surface area (Å²) in [6, 6.07) is 8.72. The lowest BCUT2D eigenvalue weighted by Crippen LogP contribution is -2.48. The molecular weight excluding hydrogens is 314 g/mol. The maximum Gasteiger partial charge on any atom is 0.223 e. The van der Waals surface area contributed by atoms with Crippen LogP contribution in [0.2, 0.25) is 0 Å². The molecular formula is C20H27N3O2. The van der Waals surface area contributed by atoms with Crippen LogP contribution in [0.4, 0.5) is 0 Å². The zero-order chi connectivity index (χ0) is 17.2. The molecule has 2 atom stereocenters. The highest BCUT2D eigenvalue weighted by molar-refractivity contribution is 5.77. The summed E-state index contributed by atoms with van der Waals surface area (Å²) < 4.78 is 5.75. The third-order valence-electron chi connectivity index (χ3n) is 5.78. The molecule has 4 rings (SSSR count). The van der Waals surface area contributed by atoms with Gasteiger partial charge in [-0.15, -0.1) is 0 Å². The Balaban J connectivity index is 1.39. The first-order valence-corrected chi connectivity index (χ1v) is 9.64. The number of likely N-dealkylation sites (tertiary alicyclic amines) is 2. The van der Waals surface area contributed by atoms with E-state index in [1.54, 1.807) is 0 Å². The van der Waals surface area contributed by atoms with E-state index in [1.807, 2.05) is 24.3 Å². The second-order valence-corrected chi connectivity index (χ2v) is 7.21. The number of nitrogens with zero attached hydrogens (tertiary/aromatic N) is 3. The van der Waals surface area contributed by atoms with Crippen LogP contribution in [0, 0.1) is 0 Å². The second kappa shape index (κ2) is 7.16. The SMILES string of the molecule is CCN1CCC[C@@H]1[C@@H]1CCCN1C(=O)CCc1nc2ccccc2o1. The Morgan fingerprint density at radius 2 is 2.00 bits per heavy atom. The summed E-state index contributed by atoms with van der Waals surface area (Å²) in [5, 5.41) is 0. The normalized spacial score (nSPS) is 24.4. The van der Waals surface area contributed by atoms with E-state index in [9.17, 15) is 4.79 Å². The van der Waals surface area contributed by atoms with Crippen molar-refractivity contribution < 1.29 is 9.21 Å². The van der Waals surface area contributed by atoms with E-state index in [-0.39, 0.29) is 5.91 Å². The van der Waals surface area contributed by atoms with Crippen molar-refractivity contribution in [2.75, 3.05) is 19.6 Å². The monoisotopic (exact) mass is 341 g/mol. The fourth-order valence-corrected chi connectivity index (χ4v) is 4.57. The Hall–Kier alpha value is -1.88. The van der Waals surface area contributed by atoms with Crippen molar-refractivity contribution in [3.63, 3.8) is 0 Å². The smallest absolute Gasteiger partial charge is 0.223 e. The number of fused-ring (bicyclic) bond motifs is 1. The Bertz CT molecular complexity index is 708. The van der Waals surface area contributed by atoms with E-state index < -0.39 is 0 Å². The summed E-state index contributed by atoms with van der Waals surface area (Å²) >= 11 is 0. The van der Waals surface area contributed by atoms with Gasteiger partial charge in [0.2, 0.25) is 5.91 Å². The van der Waals surface area contributed by atoms with Gasteiger partial charge in [0.1, 0.15) is 5.52 Å². The molecule has 0 bridgehead atoms. The number of para-hydroxylation sites is 2. The molecule has 0 saturated carbocycles. The van der Waals surface area contributed by atoms with Crippen molar-refractivity contribution in [3.8, 4) is 0 Å². The minimum Gasteiger partial charge on any atom is -0.441 e. The van der Waals surface area contributed by atoms with Crippen molar-refractivity contribution in [2.45, 2.75) is 57.5 Å². The van der Waals surface area contributed by atoms with Crippen molar-refractivity contribution in [3.05, 3.63) is 30.2 Å². The number of carbonyl (C=O) groups excluding carboxylic acids is 1. The molecule has 3 heterocycles. The van der Waals surface area contributed by atoms with Gasteiger partial charge < -0.3 is 9.32 Å². The fourth-order valence-electron chi connectivity index (χ4n) is 4.57. The highest BCUT2D eigenvalue weighted by Crippen LogP contribution is 2.30.